The molecular formula is C21H18N2O2. The molecule has 1 aliphatic rings. The van der Waals surface area contributed by atoms with E-state index in [1.807, 2.05) is 91.0 Å². The van der Waals surface area contributed by atoms with Gasteiger partial charge in [-0.05, 0) is 11.1 Å². The Morgan fingerprint density at radius 1 is 0.800 bits per heavy atom. The first kappa shape index (κ1) is 15.4. The summed E-state index contributed by atoms with van der Waals surface area (Å²) in [6.45, 7) is 0. The molecule has 4 heteroatoms. The number of amides is 2. The minimum atomic E-state index is -0.312. The van der Waals surface area contributed by atoms with Gasteiger partial charge in [0, 0.05) is 5.56 Å². The Morgan fingerprint density at radius 2 is 1.28 bits per heavy atom. The van der Waals surface area contributed by atoms with Crippen molar-refractivity contribution in [2.75, 3.05) is 0 Å². The predicted molar refractivity (Wildman–Crippen MR) is 95.4 cm³/mol. The number of hydrogen-bond donors (Lipinski definition) is 1. The van der Waals surface area contributed by atoms with Crippen LogP contribution < -0.4 is 5.32 Å². The number of carbonyl (C=O) groups is 1. The van der Waals surface area contributed by atoms with Crippen LogP contribution in [0.15, 0.2) is 91.0 Å². The number of urea groups is 1. The normalized spacial score (nSPS) is 15.9. The molecule has 4 nitrogen and oxygen atoms in total. The zero-order chi connectivity index (χ0) is 17.1. The zero-order valence-corrected chi connectivity index (χ0v) is 13.6. The molecule has 1 N–H and O–H groups in total. The van der Waals surface area contributed by atoms with E-state index in [4.69, 9.17) is 4.84 Å². The highest BCUT2D eigenvalue weighted by molar-refractivity contribution is 5.76. The van der Waals surface area contributed by atoms with Crippen LogP contribution in [0.3, 0.4) is 0 Å². The molecule has 3 aromatic rings. The SMILES string of the molecule is O=C(NC(c1ccccc1)c1ccccc1)N1OC1c1ccccc1. The van der Waals surface area contributed by atoms with Gasteiger partial charge in [-0.15, -0.1) is 0 Å². The maximum absolute atomic E-state index is 12.6. The van der Waals surface area contributed by atoms with Crippen LogP contribution >= 0.6 is 0 Å². The molecular weight excluding hydrogens is 312 g/mol. The summed E-state index contributed by atoms with van der Waals surface area (Å²) in [5.74, 6) is 0. The predicted octanol–water partition coefficient (Wildman–Crippen LogP) is 4.43. The van der Waals surface area contributed by atoms with Crippen LogP contribution in [-0.4, -0.2) is 11.1 Å². The number of hydroxylamine groups is 2. The van der Waals surface area contributed by atoms with Crippen LogP contribution in [0.25, 0.3) is 0 Å². The van der Waals surface area contributed by atoms with E-state index in [1.54, 1.807) is 0 Å². The smallest absolute Gasteiger partial charge is 0.325 e. The fourth-order valence-electron chi connectivity index (χ4n) is 2.89. The maximum Gasteiger partial charge on any atom is 0.345 e. The minimum Gasteiger partial charge on any atom is -0.325 e. The summed E-state index contributed by atoms with van der Waals surface area (Å²) in [6, 6.07) is 29.1. The molecule has 1 fully saturated rings. The van der Waals surface area contributed by atoms with Gasteiger partial charge in [-0.3, -0.25) is 0 Å². The minimum absolute atomic E-state index is 0.226. The Bertz CT molecular complexity index is 798. The molecule has 1 unspecified atom stereocenters. The summed E-state index contributed by atoms with van der Waals surface area (Å²) in [5, 5.41) is 4.44. The van der Waals surface area contributed by atoms with Crippen LogP contribution in [0.4, 0.5) is 4.79 Å². The largest absolute Gasteiger partial charge is 0.345 e. The zero-order valence-electron chi connectivity index (χ0n) is 13.6. The van der Waals surface area contributed by atoms with Gasteiger partial charge in [0.1, 0.15) is 0 Å². The lowest BCUT2D eigenvalue weighted by Crippen LogP contribution is -2.33. The quantitative estimate of drug-likeness (QED) is 0.719. The summed E-state index contributed by atoms with van der Waals surface area (Å²) in [5.41, 5.74) is 3.02. The van der Waals surface area contributed by atoms with Gasteiger partial charge in [0.2, 0.25) is 6.23 Å². The second kappa shape index (κ2) is 6.79. The fraction of sp³-hybridized carbons (Fsp3) is 0.0952. The van der Waals surface area contributed by atoms with Gasteiger partial charge in [-0.1, -0.05) is 91.0 Å². The van der Waals surface area contributed by atoms with Gasteiger partial charge in [0.05, 0.1) is 6.04 Å². The van der Waals surface area contributed by atoms with E-state index in [1.165, 1.54) is 5.06 Å². The Morgan fingerprint density at radius 3 is 1.80 bits per heavy atom. The van der Waals surface area contributed by atoms with Crippen LogP contribution in [0.5, 0.6) is 0 Å². The Balaban J connectivity index is 1.53. The molecule has 0 spiro atoms. The van der Waals surface area contributed by atoms with E-state index in [0.29, 0.717) is 0 Å². The Hall–Kier alpha value is -3.11. The molecule has 1 heterocycles. The highest BCUT2D eigenvalue weighted by Crippen LogP contribution is 2.37. The first-order valence-electron chi connectivity index (χ1n) is 8.24. The summed E-state index contributed by atoms with van der Waals surface area (Å²) < 4.78 is 0. The van der Waals surface area contributed by atoms with Crippen LogP contribution in [-0.2, 0) is 4.84 Å². The van der Waals surface area contributed by atoms with Crippen LogP contribution in [0.1, 0.15) is 29.0 Å². The number of benzene rings is 3. The van der Waals surface area contributed by atoms with Crippen molar-refractivity contribution in [2.45, 2.75) is 12.3 Å². The number of hydrogen-bond acceptors (Lipinski definition) is 2. The molecule has 1 atom stereocenters. The lowest BCUT2D eigenvalue weighted by Gasteiger charge is -2.19. The van der Waals surface area contributed by atoms with E-state index < -0.39 is 0 Å². The second-order valence-corrected chi connectivity index (χ2v) is 5.90. The van der Waals surface area contributed by atoms with Crippen molar-refractivity contribution in [1.29, 1.82) is 0 Å². The number of carbonyl (C=O) groups excluding carboxylic acids is 1. The highest BCUT2D eigenvalue weighted by atomic mass is 16.8. The van der Waals surface area contributed by atoms with Crippen molar-refractivity contribution in [3.63, 3.8) is 0 Å². The van der Waals surface area contributed by atoms with Gasteiger partial charge in [0.25, 0.3) is 0 Å². The van der Waals surface area contributed by atoms with Crippen molar-refractivity contribution in [3.8, 4) is 0 Å². The van der Waals surface area contributed by atoms with Crippen LogP contribution in [0, 0.1) is 0 Å². The molecule has 0 radical (unpaired) electrons. The van der Waals surface area contributed by atoms with Gasteiger partial charge in [-0.2, -0.15) is 5.06 Å². The first-order valence-corrected chi connectivity index (χ1v) is 8.24. The average molecular weight is 330 g/mol. The fourth-order valence-corrected chi connectivity index (χ4v) is 2.89. The van der Waals surface area contributed by atoms with Crippen molar-refractivity contribution >= 4 is 6.03 Å². The van der Waals surface area contributed by atoms with Gasteiger partial charge in [-0.25, -0.2) is 9.63 Å². The van der Waals surface area contributed by atoms with E-state index in [9.17, 15) is 4.79 Å². The third kappa shape index (κ3) is 3.39. The summed E-state index contributed by atoms with van der Waals surface area (Å²) in [6.07, 6.45) is -0.312. The van der Waals surface area contributed by atoms with E-state index >= 15 is 0 Å². The number of nitrogens with one attached hydrogen (secondary N) is 1. The molecule has 124 valence electrons. The van der Waals surface area contributed by atoms with Crippen molar-refractivity contribution < 1.29 is 9.63 Å². The highest BCUT2D eigenvalue weighted by Gasteiger charge is 2.43. The molecule has 1 saturated heterocycles. The summed E-state index contributed by atoms with van der Waals surface area (Å²) >= 11 is 0. The standard InChI is InChI=1S/C21H18N2O2/c24-21(23-20(25-23)18-14-8-3-9-15-18)22-19(16-10-4-1-5-11-16)17-12-6-2-7-13-17/h1-15,19-20H,(H,22,24). The summed E-state index contributed by atoms with van der Waals surface area (Å²) in [4.78, 5) is 18.1. The molecule has 0 aliphatic carbocycles. The molecule has 0 saturated carbocycles. The van der Waals surface area contributed by atoms with E-state index in [0.717, 1.165) is 16.7 Å². The lowest BCUT2D eigenvalue weighted by atomic mass is 9.99. The maximum atomic E-state index is 12.6. The topological polar surface area (TPSA) is 44.6 Å². The summed E-state index contributed by atoms with van der Waals surface area (Å²) in [7, 11) is 0. The third-order valence-electron chi connectivity index (χ3n) is 4.20. The molecule has 25 heavy (non-hydrogen) atoms. The molecule has 2 amide bonds. The molecule has 0 bridgehead atoms. The molecule has 1 aliphatic heterocycles. The van der Waals surface area contributed by atoms with E-state index in [2.05, 4.69) is 5.32 Å². The third-order valence-corrected chi connectivity index (χ3v) is 4.20. The van der Waals surface area contributed by atoms with Crippen molar-refractivity contribution in [2.24, 2.45) is 0 Å². The molecule has 4 rings (SSSR count). The molecule has 3 aromatic carbocycles. The van der Waals surface area contributed by atoms with Crippen molar-refractivity contribution in [3.05, 3.63) is 108 Å². The van der Waals surface area contributed by atoms with Crippen molar-refractivity contribution in [1.82, 2.24) is 10.4 Å². The number of nitrogens with zero attached hydrogens (tertiary/aromatic N) is 1. The van der Waals surface area contributed by atoms with E-state index in [-0.39, 0.29) is 18.3 Å². The average Bonchev–Trinajstić information content (AvgIpc) is 3.49. The first-order chi connectivity index (χ1) is 12.3. The van der Waals surface area contributed by atoms with Gasteiger partial charge >= 0.3 is 6.03 Å². The lowest BCUT2D eigenvalue weighted by molar-refractivity contribution is 0.175. The van der Waals surface area contributed by atoms with Gasteiger partial charge < -0.3 is 5.32 Å². The van der Waals surface area contributed by atoms with Crippen LogP contribution in [0.2, 0.25) is 0 Å². The van der Waals surface area contributed by atoms with Gasteiger partial charge in [0.15, 0.2) is 0 Å². The molecule has 0 aromatic heterocycles. The monoisotopic (exact) mass is 330 g/mol. The second-order valence-electron chi connectivity index (χ2n) is 5.90. The number of rotatable bonds is 4. The Kier molecular flexibility index (Phi) is 4.19. The Labute approximate surface area is 146 Å².